The minimum atomic E-state index is -5.19. The zero-order chi connectivity index (χ0) is 17.9. The Morgan fingerprint density at radius 2 is 1.19 bits per heavy atom. The summed E-state index contributed by atoms with van der Waals surface area (Å²) >= 11 is 0. The first kappa shape index (κ1) is 24.5. The molecule has 21 heavy (non-hydrogen) atoms. The van der Waals surface area contributed by atoms with E-state index in [-0.39, 0.29) is 0 Å². The first-order valence-corrected chi connectivity index (χ1v) is 5.29. The Labute approximate surface area is 116 Å². The average Bonchev–Trinajstić information content (AvgIpc) is 2.25. The van der Waals surface area contributed by atoms with Crippen molar-refractivity contribution < 1.29 is 56.4 Å². The van der Waals surface area contributed by atoms with Crippen LogP contribution < -0.4 is 20.4 Å². The lowest BCUT2D eigenvalue weighted by molar-refractivity contribution is -0.872. The van der Waals surface area contributed by atoms with Crippen molar-refractivity contribution in [2.75, 3.05) is 34.2 Å². The van der Waals surface area contributed by atoms with Crippen LogP contribution >= 0.6 is 0 Å². The van der Waals surface area contributed by atoms with Gasteiger partial charge >= 0.3 is 12.4 Å². The third-order valence-corrected chi connectivity index (χ3v) is 1.40. The van der Waals surface area contributed by atoms with Gasteiger partial charge in [-0.05, 0) is 0 Å². The molecule has 128 valence electrons. The molecular formula is C9H16F6N2O4. The molecule has 0 saturated heterocycles. The number of likely N-dealkylation sites (N-methyl/N-ethyl adjacent to an activating group) is 2. The van der Waals surface area contributed by atoms with Gasteiger partial charge in [0.15, 0.2) is 0 Å². The number of carbonyl (C=O) groups is 2. The fourth-order valence-corrected chi connectivity index (χ4v) is 0.433. The number of nitrogens with one attached hydrogen (secondary N) is 1. The summed E-state index contributed by atoms with van der Waals surface area (Å²) in [6.07, 6.45) is -10.4. The zero-order valence-corrected chi connectivity index (χ0v) is 11.4. The van der Waals surface area contributed by atoms with Crippen molar-refractivity contribution >= 4 is 11.9 Å². The molecule has 0 fully saturated rings. The van der Waals surface area contributed by atoms with Crippen LogP contribution in [0.3, 0.4) is 0 Å². The molecule has 0 rings (SSSR count). The highest BCUT2D eigenvalue weighted by molar-refractivity contribution is 5.71. The second-order valence-electron chi connectivity index (χ2n) is 3.72. The molecule has 6 nitrogen and oxygen atoms in total. The van der Waals surface area contributed by atoms with Gasteiger partial charge in [0.25, 0.3) is 0 Å². The van der Waals surface area contributed by atoms with Crippen molar-refractivity contribution in [3.8, 4) is 0 Å². The minimum absolute atomic E-state index is 1.24. The van der Waals surface area contributed by atoms with Gasteiger partial charge in [-0.25, -0.2) is 0 Å². The Kier molecular flexibility index (Phi) is 13.0. The van der Waals surface area contributed by atoms with E-state index >= 15 is 0 Å². The molecule has 3 N–H and O–H groups in total. The molecule has 0 aliphatic carbocycles. The number of halogens is 6. The molecule has 0 aliphatic rings. The maximum absolute atomic E-state index is 10.5. The van der Waals surface area contributed by atoms with Crippen LogP contribution in [0.5, 0.6) is 0 Å². The number of hydrogen-bond acceptors (Lipinski definition) is 4. The Morgan fingerprint density at radius 3 is 1.24 bits per heavy atom. The number of alkyl halides is 6. The minimum Gasteiger partial charge on any atom is -0.542 e. The Hall–Kier alpha value is -1.56. The standard InChI is InChI=1S/C5H14N2.2C2HF3O2/c1-6-4-5-7(2)3;2*3-2(4,5)1(6)7/h6H,4-5H2,1-3H3;2*(H,6,7). The maximum atomic E-state index is 10.5. The largest absolute Gasteiger partial charge is 0.542 e. The van der Waals surface area contributed by atoms with Gasteiger partial charge in [-0.1, -0.05) is 0 Å². The second-order valence-corrected chi connectivity index (χ2v) is 3.72. The number of rotatable bonds is 3. The van der Waals surface area contributed by atoms with E-state index in [0.29, 0.717) is 0 Å². The summed E-state index contributed by atoms with van der Waals surface area (Å²) < 4.78 is 63.1. The molecule has 0 amide bonds. The van der Waals surface area contributed by atoms with E-state index in [1.54, 1.807) is 0 Å². The predicted molar refractivity (Wildman–Crippen MR) is 52.5 cm³/mol. The topological polar surface area (TPSA) is 101 Å². The summed E-state index contributed by atoms with van der Waals surface area (Å²) in [6.45, 7) is 2.50. The van der Waals surface area contributed by atoms with E-state index in [2.05, 4.69) is 26.5 Å². The van der Waals surface area contributed by atoms with Crippen LogP contribution in [-0.4, -0.2) is 58.5 Å². The van der Waals surface area contributed by atoms with E-state index < -0.39 is 24.3 Å². The molecule has 0 heterocycles. The van der Waals surface area contributed by atoms with Crippen LogP contribution in [0.15, 0.2) is 0 Å². The molecule has 0 aromatic heterocycles. The first-order chi connectivity index (χ1) is 9.16. The normalized spacial score (nSPS) is 11.0. The van der Waals surface area contributed by atoms with Crippen molar-refractivity contribution in [2.24, 2.45) is 0 Å². The Morgan fingerprint density at radius 1 is 0.952 bits per heavy atom. The highest BCUT2D eigenvalue weighted by Crippen LogP contribution is 2.12. The highest BCUT2D eigenvalue weighted by atomic mass is 19.4. The number of carboxylic acids is 2. The second kappa shape index (κ2) is 11.1. The Bertz CT molecular complexity index is 280. The maximum Gasteiger partial charge on any atom is 0.430 e. The lowest BCUT2D eigenvalue weighted by Gasteiger charge is -2.03. The quantitative estimate of drug-likeness (QED) is 0.514. The van der Waals surface area contributed by atoms with E-state index in [9.17, 15) is 26.3 Å². The summed E-state index contributed by atoms with van der Waals surface area (Å²) in [7, 11) is 6.44. The molecule has 0 radical (unpaired) electrons. The molecule has 0 unspecified atom stereocenters. The van der Waals surface area contributed by atoms with E-state index in [1.807, 2.05) is 0 Å². The number of quaternary nitrogens is 2. The van der Waals surface area contributed by atoms with Gasteiger partial charge in [0.1, 0.15) is 25.0 Å². The average molecular weight is 330 g/mol. The third-order valence-electron chi connectivity index (χ3n) is 1.40. The van der Waals surface area contributed by atoms with Crippen molar-refractivity contribution in [1.82, 2.24) is 0 Å². The molecule has 0 aliphatic heterocycles. The number of hydrogen-bond donors (Lipinski definition) is 2. The highest BCUT2D eigenvalue weighted by Gasteiger charge is 2.29. The molecular weight excluding hydrogens is 314 g/mol. The molecule has 0 aromatic carbocycles. The van der Waals surface area contributed by atoms with E-state index in [4.69, 9.17) is 19.8 Å². The summed E-state index contributed by atoms with van der Waals surface area (Å²) in [6, 6.07) is 0. The summed E-state index contributed by atoms with van der Waals surface area (Å²) in [5, 5.41) is 19.8. The fraction of sp³-hybridized carbons (Fsp3) is 0.778. The van der Waals surface area contributed by atoms with Crippen LogP contribution in [0.4, 0.5) is 26.3 Å². The fourth-order valence-electron chi connectivity index (χ4n) is 0.433. The van der Waals surface area contributed by atoms with E-state index in [0.717, 1.165) is 0 Å². The Balaban J connectivity index is -0.000000231. The molecule has 0 atom stereocenters. The summed E-state index contributed by atoms with van der Waals surface area (Å²) in [5.74, 6) is -6.01. The van der Waals surface area contributed by atoms with Crippen molar-refractivity contribution in [3.05, 3.63) is 0 Å². The van der Waals surface area contributed by atoms with Gasteiger partial charge in [-0.2, -0.15) is 26.3 Å². The lowest BCUT2D eigenvalue weighted by Crippen LogP contribution is -3.09. The third kappa shape index (κ3) is 23.9. The van der Waals surface area contributed by atoms with Gasteiger partial charge in [-0.3, -0.25) is 0 Å². The van der Waals surface area contributed by atoms with Crippen LogP contribution in [0.2, 0.25) is 0 Å². The SMILES string of the molecule is C[NH2+]CC[NH+](C)C.O=C([O-])C(F)(F)F.O=C([O-])C(F)(F)F. The zero-order valence-electron chi connectivity index (χ0n) is 11.4. The van der Waals surface area contributed by atoms with Crippen molar-refractivity contribution in [3.63, 3.8) is 0 Å². The van der Waals surface area contributed by atoms with Crippen LogP contribution in [0.1, 0.15) is 0 Å². The van der Waals surface area contributed by atoms with E-state index in [1.165, 1.54) is 18.0 Å². The van der Waals surface area contributed by atoms with Crippen LogP contribution in [0.25, 0.3) is 0 Å². The smallest absolute Gasteiger partial charge is 0.430 e. The molecule has 12 heteroatoms. The van der Waals surface area contributed by atoms with Crippen LogP contribution in [0, 0.1) is 0 Å². The van der Waals surface area contributed by atoms with Gasteiger partial charge in [-0.15, -0.1) is 0 Å². The van der Waals surface area contributed by atoms with Crippen molar-refractivity contribution in [1.29, 1.82) is 0 Å². The summed E-state index contributed by atoms with van der Waals surface area (Å²) in [5.41, 5.74) is 0. The monoisotopic (exact) mass is 330 g/mol. The first-order valence-electron chi connectivity index (χ1n) is 5.29. The van der Waals surface area contributed by atoms with Crippen molar-refractivity contribution in [2.45, 2.75) is 12.4 Å². The van der Waals surface area contributed by atoms with Gasteiger partial charge in [0.05, 0.1) is 21.1 Å². The lowest BCUT2D eigenvalue weighted by atomic mass is 10.6. The number of nitrogens with two attached hydrogens (primary N) is 1. The van der Waals surface area contributed by atoms with Gasteiger partial charge in [0.2, 0.25) is 0 Å². The summed E-state index contributed by atoms with van der Waals surface area (Å²) in [4.78, 5) is 19.1. The predicted octanol–water partition coefficient (Wildman–Crippen LogP) is -4.08. The number of carboxylic acid groups (broad SMARTS) is 2. The number of aliphatic carboxylic acids is 2. The van der Waals surface area contributed by atoms with Gasteiger partial charge < -0.3 is 30.0 Å². The van der Waals surface area contributed by atoms with Gasteiger partial charge in [0, 0.05) is 0 Å². The van der Waals surface area contributed by atoms with Crippen LogP contribution in [-0.2, 0) is 9.59 Å². The molecule has 0 saturated carbocycles. The number of carbonyl (C=O) groups excluding carboxylic acids is 2. The molecule has 0 bridgehead atoms. The molecule has 0 aromatic rings. The molecule has 0 spiro atoms.